The highest BCUT2D eigenvalue weighted by Crippen LogP contribution is 2.34. The van der Waals surface area contributed by atoms with Crippen molar-refractivity contribution in [2.75, 3.05) is 0 Å². The molecular formula is C18H24. The number of fused-ring (bicyclic) bond motifs is 1. The summed E-state index contributed by atoms with van der Waals surface area (Å²) in [4.78, 5) is 0. The average Bonchev–Trinajstić information content (AvgIpc) is 2.35. The second kappa shape index (κ2) is 4.76. The second-order valence-corrected chi connectivity index (χ2v) is 6.31. The number of hydrogen-bond donors (Lipinski definition) is 0. The lowest BCUT2D eigenvalue weighted by Gasteiger charge is -2.23. The van der Waals surface area contributed by atoms with E-state index in [4.69, 9.17) is 0 Å². The summed E-state index contributed by atoms with van der Waals surface area (Å²) in [7, 11) is 0. The lowest BCUT2D eigenvalue weighted by molar-refractivity contribution is 0.595. The Hall–Kier alpha value is -1.30. The van der Waals surface area contributed by atoms with Crippen LogP contribution in [-0.4, -0.2) is 0 Å². The fourth-order valence-corrected chi connectivity index (χ4v) is 2.63. The Morgan fingerprint density at radius 3 is 2.11 bits per heavy atom. The highest BCUT2D eigenvalue weighted by atomic mass is 14.2. The minimum Gasteiger partial charge on any atom is -0.0648 e. The lowest BCUT2D eigenvalue weighted by Crippen LogP contribution is -2.12. The summed E-state index contributed by atoms with van der Waals surface area (Å²) in [6, 6.07) is 13.5. The zero-order chi connectivity index (χ0) is 13.3. The van der Waals surface area contributed by atoms with Gasteiger partial charge in [0.05, 0.1) is 0 Å². The van der Waals surface area contributed by atoms with E-state index < -0.39 is 0 Å². The number of hydrogen-bond acceptors (Lipinski definition) is 0. The summed E-state index contributed by atoms with van der Waals surface area (Å²) < 4.78 is 0. The molecule has 0 bridgehead atoms. The van der Waals surface area contributed by atoms with Crippen LogP contribution in [0.4, 0.5) is 0 Å². The van der Waals surface area contributed by atoms with Gasteiger partial charge in [0.25, 0.3) is 0 Å². The third kappa shape index (κ3) is 2.29. The molecule has 1 unspecified atom stereocenters. The van der Waals surface area contributed by atoms with E-state index in [1.54, 1.807) is 0 Å². The minimum absolute atomic E-state index is 0.202. The normalized spacial score (nSPS) is 13.8. The van der Waals surface area contributed by atoms with Crippen LogP contribution < -0.4 is 0 Å². The molecule has 0 fully saturated rings. The molecule has 0 spiro atoms. The van der Waals surface area contributed by atoms with Crippen molar-refractivity contribution < 1.29 is 0 Å². The zero-order valence-electron chi connectivity index (χ0n) is 12.2. The summed E-state index contributed by atoms with van der Waals surface area (Å²) in [5, 5.41) is 2.85. The molecule has 2 aromatic carbocycles. The standard InChI is InChI=1S/C18H24/c1-6-13(2)14-11-12-17(18(3,4)5)16-10-8-7-9-15(14)16/h7-13H,6H2,1-5H3. The first-order chi connectivity index (χ1) is 8.45. The van der Waals surface area contributed by atoms with Crippen LogP contribution in [-0.2, 0) is 5.41 Å². The van der Waals surface area contributed by atoms with Crippen LogP contribution in [0.15, 0.2) is 36.4 Å². The molecule has 0 aliphatic heterocycles. The highest BCUT2D eigenvalue weighted by molar-refractivity contribution is 5.89. The molecule has 0 saturated carbocycles. The van der Waals surface area contributed by atoms with Gasteiger partial charge < -0.3 is 0 Å². The van der Waals surface area contributed by atoms with Gasteiger partial charge in [-0.15, -0.1) is 0 Å². The first-order valence-corrected chi connectivity index (χ1v) is 6.97. The van der Waals surface area contributed by atoms with Crippen LogP contribution in [0, 0.1) is 0 Å². The van der Waals surface area contributed by atoms with E-state index >= 15 is 0 Å². The Bertz CT molecular complexity index is 543. The molecule has 0 heteroatoms. The molecule has 2 rings (SSSR count). The largest absolute Gasteiger partial charge is 0.0648 e. The first kappa shape index (κ1) is 13.1. The van der Waals surface area contributed by atoms with Crippen molar-refractivity contribution in [3.8, 4) is 0 Å². The zero-order valence-corrected chi connectivity index (χ0v) is 12.2. The van der Waals surface area contributed by atoms with Crippen LogP contribution in [0.25, 0.3) is 10.8 Å². The van der Waals surface area contributed by atoms with Gasteiger partial charge in [-0.05, 0) is 39.7 Å². The van der Waals surface area contributed by atoms with Crippen LogP contribution in [0.2, 0.25) is 0 Å². The van der Waals surface area contributed by atoms with Crippen LogP contribution in [0.1, 0.15) is 58.1 Å². The minimum atomic E-state index is 0.202. The van der Waals surface area contributed by atoms with Gasteiger partial charge in [0, 0.05) is 0 Å². The molecule has 0 radical (unpaired) electrons. The van der Waals surface area contributed by atoms with Crippen LogP contribution in [0.3, 0.4) is 0 Å². The molecule has 0 saturated heterocycles. The molecule has 0 nitrogen and oxygen atoms in total. The summed E-state index contributed by atoms with van der Waals surface area (Å²) >= 11 is 0. The fourth-order valence-electron chi connectivity index (χ4n) is 2.63. The van der Waals surface area contributed by atoms with Gasteiger partial charge in [0.1, 0.15) is 0 Å². The quantitative estimate of drug-likeness (QED) is 0.636. The Morgan fingerprint density at radius 2 is 1.56 bits per heavy atom. The molecule has 0 amide bonds. The molecule has 0 heterocycles. The van der Waals surface area contributed by atoms with Gasteiger partial charge in [-0.3, -0.25) is 0 Å². The Balaban J connectivity index is 2.74. The maximum atomic E-state index is 2.33. The molecule has 1 atom stereocenters. The predicted molar refractivity (Wildman–Crippen MR) is 81.4 cm³/mol. The molecule has 0 aliphatic carbocycles. The second-order valence-electron chi connectivity index (χ2n) is 6.31. The summed E-state index contributed by atoms with van der Waals surface area (Å²) in [6.45, 7) is 11.4. The SMILES string of the molecule is CCC(C)c1ccc(C(C)(C)C)c2ccccc12. The summed E-state index contributed by atoms with van der Waals surface area (Å²) in [5.41, 5.74) is 3.14. The van der Waals surface area contributed by atoms with E-state index in [1.807, 2.05) is 0 Å². The molecule has 0 aliphatic rings. The third-order valence-electron chi connectivity index (χ3n) is 3.91. The van der Waals surface area contributed by atoms with Crippen molar-refractivity contribution in [2.45, 2.75) is 52.4 Å². The third-order valence-corrected chi connectivity index (χ3v) is 3.91. The lowest BCUT2D eigenvalue weighted by atomic mass is 9.81. The fraction of sp³-hybridized carbons (Fsp3) is 0.444. The van der Waals surface area contributed by atoms with Crippen LogP contribution >= 0.6 is 0 Å². The molecule has 0 aromatic heterocycles. The van der Waals surface area contributed by atoms with Crippen LogP contribution in [0.5, 0.6) is 0 Å². The van der Waals surface area contributed by atoms with E-state index in [0.29, 0.717) is 5.92 Å². The smallest absolute Gasteiger partial charge is 0.0126 e. The summed E-state index contributed by atoms with van der Waals surface area (Å²) in [5.74, 6) is 0.629. The monoisotopic (exact) mass is 240 g/mol. The molecule has 2 aromatic rings. The molecule has 18 heavy (non-hydrogen) atoms. The first-order valence-electron chi connectivity index (χ1n) is 6.97. The maximum absolute atomic E-state index is 2.33. The topological polar surface area (TPSA) is 0 Å². The molecule has 0 N–H and O–H groups in total. The number of benzene rings is 2. The van der Waals surface area contributed by atoms with Crippen molar-refractivity contribution in [3.05, 3.63) is 47.5 Å². The van der Waals surface area contributed by atoms with Gasteiger partial charge in [-0.25, -0.2) is 0 Å². The van der Waals surface area contributed by atoms with Gasteiger partial charge in [-0.2, -0.15) is 0 Å². The van der Waals surface area contributed by atoms with Crippen molar-refractivity contribution in [1.82, 2.24) is 0 Å². The van der Waals surface area contributed by atoms with Gasteiger partial charge in [0.15, 0.2) is 0 Å². The summed E-state index contributed by atoms with van der Waals surface area (Å²) in [6.07, 6.45) is 1.19. The Kier molecular flexibility index (Phi) is 3.47. The van der Waals surface area contributed by atoms with Crippen molar-refractivity contribution in [1.29, 1.82) is 0 Å². The maximum Gasteiger partial charge on any atom is -0.0126 e. The van der Waals surface area contributed by atoms with Gasteiger partial charge in [-0.1, -0.05) is 71.0 Å². The Morgan fingerprint density at radius 1 is 0.944 bits per heavy atom. The van der Waals surface area contributed by atoms with E-state index in [0.717, 1.165) is 0 Å². The van der Waals surface area contributed by atoms with E-state index in [2.05, 4.69) is 71.0 Å². The van der Waals surface area contributed by atoms with Crippen molar-refractivity contribution >= 4 is 10.8 Å². The Labute approximate surface area is 111 Å². The van der Waals surface area contributed by atoms with Crippen molar-refractivity contribution in [2.24, 2.45) is 0 Å². The highest BCUT2D eigenvalue weighted by Gasteiger charge is 2.18. The van der Waals surface area contributed by atoms with Gasteiger partial charge in [0.2, 0.25) is 0 Å². The molecular weight excluding hydrogens is 216 g/mol. The predicted octanol–water partition coefficient (Wildman–Crippen LogP) is 5.65. The van der Waals surface area contributed by atoms with E-state index in [9.17, 15) is 0 Å². The average molecular weight is 240 g/mol. The number of rotatable bonds is 2. The molecule has 96 valence electrons. The van der Waals surface area contributed by atoms with Gasteiger partial charge >= 0.3 is 0 Å². The van der Waals surface area contributed by atoms with Crippen molar-refractivity contribution in [3.63, 3.8) is 0 Å². The van der Waals surface area contributed by atoms with E-state index in [-0.39, 0.29) is 5.41 Å². The van der Waals surface area contributed by atoms with E-state index in [1.165, 1.54) is 28.3 Å².